The first kappa shape index (κ1) is 13.4. The molecule has 2 aliphatic rings. The Morgan fingerprint density at radius 2 is 2.26 bits per heavy atom. The van der Waals surface area contributed by atoms with Gasteiger partial charge in [-0.1, -0.05) is 22.0 Å². The van der Waals surface area contributed by atoms with E-state index in [1.165, 1.54) is 5.56 Å². The van der Waals surface area contributed by atoms with Crippen LogP contribution in [0.2, 0.25) is 0 Å². The maximum absolute atomic E-state index is 6.19. The van der Waals surface area contributed by atoms with Crippen LogP contribution < -0.4 is 4.74 Å². The van der Waals surface area contributed by atoms with E-state index < -0.39 is 0 Å². The topological polar surface area (TPSA) is 27.7 Å². The molecule has 2 unspecified atom stereocenters. The van der Waals surface area contributed by atoms with Crippen molar-refractivity contribution >= 4 is 15.9 Å². The molecule has 2 heterocycles. The van der Waals surface area contributed by atoms with Crippen molar-refractivity contribution in [3.8, 4) is 5.75 Å². The summed E-state index contributed by atoms with van der Waals surface area (Å²) in [5.41, 5.74) is 1.08. The van der Waals surface area contributed by atoms with E-state index in [0.717, 1.165) is 42.7 Å². The van der Waals surface area contributed by atoms with Crippen LogP contribution in [-0.2, 0) is 9.47 Å². The fraction of sp³-hybridized carbons (Fsp3) is 0.600. The molecular formula is C15H19BrO3. The van der Waals surface area contributed by atoms with Crippen LogP contribution in [0, 0.1) is 6.92 Å². The van der Waals surface area contributed by atoms with Crippen LogP contribution in [0.1, 0.15) is 24.8 Å². The SMILES string of the molecule is Cc1ccc(Br)cc1OC1CCOC2(CCOC2)C1. The Labute approximate surface area is 122 Å². The van der Waals surface area contributed by atoms with Gasteiger partial charge in [0.05, 0.1) is 18.8 Å². The molecule has 2 fully saturated rings. The minimum atomic E-state index is -0.0944. The van der Waals surface area contributed by atoms with E-state index in [4.69, 9.17) is 14.2 Å². The smallest absolute Gasteiger partial charge is 0.123 e. The standard InChI is InChI=1S/C15H19BrO3/c1-11-2-3-12(16)8-14(11)19-13-4-6-18-15(9-13)5-7-17-10-15/h2-3,8,13H,4-7,9-10H2,1H3. The van der Waals surface area contributed by atoms with Crippen molar-refractivity contribution in [3.63, 3.8) is 0 Å². The zero-order valence-corrected chi connectivity index (χ0v) is 12.7. The molecule has 0 amide bonds. The van der Waals surface area contributed by atoms with Gasteiger partial charge in [0.15, 0.2) is 0 Å². The third-order valence-electron chi connectivity index (χ3n) is 3.96. The molecule has 1 aromatic carbocycles. The van der Waals surface area contributed by atoms with Crippen molar-refractivity contribution in [1.82, 2.24) is 0 Å². The van der Waals surface area contributed by atoms with Crippen molar-refractivity contribution in [2.24, 2.45) is 0 Å². The lowest BCUT2D eigenvalue weighted by Crippen LogP contribution is -2.44. The lowest BCUT2D eigenvalue weighted by molar-refractivity contribution is -0.112. The Kier molecular flexibility index (Phi) is 3.83. The number of halogens is 1. The molecule has 0 aromatic heterocycles. The lowest BCUT2D eigenvalue weighted by atomic mass is 9.91. The molecule has 0 saturated carbocycles. The van der Waals surface area contributed by atoms with Gasteiger partial charge >= 0.3 is 0 Å². The van der Waals surface area contributed by atoms with E-state index >= 15 is 0 Å². The van der Waals surface area contributed by atoms with Gasteiger partial charge in [-0.3, -0.25) is 0 Å². The number of aryl methyl sites for hydroxylation is 1. The zero-order chi connectivity index (χ0) is 13.3. The first-order chi connectivity index (χ1) is 9.17. The Morgan fingerprint density at radius 1 is 1.37 bits per heavy atom. The summed E-state index contributed by atoms with van der Waals surface area (Å²) >= 11 is 3.50. The fourth-order valence-electron chi connectivity index (χ4n) is 2.83. The van der Waals surface area contributed by atoms with Gasteiger partial charge in [-0.2, -0.15) is 0 Å². The number of hydrogen-bond donors (Lipinski definition) is 0. The van der Waals surface area contributed by atoms with Gasteiger partial charge in [0, 0.05) is 30.3 Å². The van der Waals surface area contributed by atoms with Gasteiger partial charge in [-0.05, 0) is 24.6 Å². The maximum Gasteiger partial charge on any atom is 0.123 e. The predicted octanol–water partition coefficient (Wildman–Crippen LogP) is 3.47. The molecule has 2 aliphatic heterocycles. The fourth-order valence-corrected chi connectivity index (χ4v) is 3.17. The minimum absolute atomic E-state index is 0.0944. The second-order valence-corrected chi connectivity index (χ2v) is 6.39. The Morgan fingerprint density at radius 3 is 3.05 bits per heavy atom. The molecule has 104 valence electrons. The molecule has 0 radical (unpaired) electrons. The van der Waals surface area contributed by atoms with E-state index in [9.17, 15) is 0 Å². The van der Waals surface area contributed by atoms with E-state index in [2.05, 4.69) is 28.9 Å². The number of benzene rings is 1. The van der Waals surface area contributed by atoms with Crippen LogP contribution >= 0.6 is 15.9 Å². The molecule has 0 N–H and O–H groups in total. The Hall–Kier alpha value is -0.580. The van der Waals surface area contributed by atoms with Crippen molar-refractivity contribution in [2.45, 2.75) is 37.9 Å². The molecule has 1 spiro atoms. The summed E-state index contributed by atoms with van der Waals surface area (Å²) in [6.07, 6.45) is 3.10. The zero-order valence-electron chi connectivity index (χ0n) is 11.2. The first-order valence-electron chi connectivity index (χ1n) is 6.81. The van der Waals surface area contributed by atoms with Crippen LogP contribution in [0.15, 0.2) is 22.7 Å². The molecular weight excluding hydrogens is 308 g/mol. The average molecular weight is 327 g/mol. The summed E-state index contributed by atoms with van der Waals surface area (Å²) < 4.78 is 18.7. The van der Waals surface area contributed by atoms with E-state index in [0.29, 0.717) is 6.61 Å². The van der Waals surface area contributed by atoms with E-state index in [-0.39, 0.29) is 11.7 Å². The van der Waals surface area contributed by atoms with Gasteiger partial charge in [-0.25, -0.2) is 0 Å². The summed E-state index contributed by atoms with van der Waals surface area (Å²) in [4.78, 5) is 0. The van der Waals surface area contributed by atoms with Crippen LogP contribution in [0.4, 0.5) is 0 Å². The molecule has 1 aromatic rings. The minimum Gasteiger partial charge on any atom is -0.490 e. The van der Waals surface area contributed by atoms with Crippen molar-refractivity contribution in [1.29, 1.82) is 0 Å². The van der Waals surface area contributed by atoms with Crippen LogP contribution in [-0.4, -0.2) is 31.5 Å². The highest BCUT2D eigenvalue weighted by Gasteiger charge is 2.41. The third kappa shape index (κ3) is 2.96. The molecule has 3 rings (SSSR count). The van der Waals surface area contributed by atoms with Crippen molar-refractivity contribution < 1.29 is 14.2 Å². The molecule has 2 atom stereocenters. The number of rotatable bonds is 2. The van der Waals surface area contributed by atoms with Gasteiger partial charge in [0.1, 0.15) is 11.9 Å². The molecule has 2 saturated heterocycles. The maximum atomic E-state index is 6.19. The molecule has 19 heavy (non-hydrogen) atoms. The summed E-state index contributed by atoms with van der Waals surface area (Å²) in [7, 11) is 0. The third-order valence-corrected chi connectivity index (χ3v) is 4.45. The van der Waals surface area contributed by atoms with E-state index in [1.807, 2.05) is 12.1 Å². The molecule has 4 heteroatoms. The largest absolute Gasteiger partial charge is 0.490 e. The van der Waals surface area contributed by atoms with Crippen molar-refractivity contribution in [2.75, 3.05) is 19.8 Å². The monoisotopic (exact) mass is 326 g/mol. The first-order valence-corrected chi connectivity index (χ1v) is 7.61. The van der Waals surface area contributed by atoms with Gasteiger partial charge in [0.25, 0.3) is 0 Å². The highest BCUT2D eigenvalue weighted by Crippen LogP contribution is 2.35. The second kappa shape index (κ2) is 5.43. The normalized spacial score (nSPS) is 30.7. The summed E-state index contributed by atoms with van der Waals surface area (Å²) in [6.45, 7) is 4.36. The Balaban J connectivity index is 1.70. The van der Waals surface area contributed by atoms with Gasteiger partial charge in [0.2, 0.25) is 0 Å². The molecule has 3 nitrogen and oxygen atoms in total. The van der Waals surface area contributed by atoms with Gasteiger partial charge < -0.3 is 14.2 Å². The predicted molar refractivity (Wildman–Crippen MR) is 76.6 cm³/mol. The highest BCUT2D eigenvalue weighted by molar-refractivity contribution is 9.10. The number of ether oxygens (including phenoxy) is 3. The highest BCUT2D eigenvalue weighted by atomic mass is 79.9. The van der Waals surface area contributed by atoms with Crippen LogP contribution in [0.3, 0.4) is 0 Å². The Bertz CT molecular complexity index is 455. The van der Waals surface area contributed by atoms with Crippen LogP contribution in [0.5, 0.6) is 5.75 Å². The number of hydrogen-bond acceptors (Lipinski definition) is 3. The quantitative estimate of drug-likeness (QED) is 0.832. The van der Waals surface area contributed by atoms with Crippen molar-refractivity contribution in [3.05, 3.63) is 28.2 Å². The summed E-state index contributed by atoms with van der Waals surface area (Å²) in [5, 5.41) is 0. The summed E-state index contributed by atoms with van der Waals surface area (Å²) in [5.74, 6) is 0.968. The van der Waals surface area contributed by atoms with Gasteiger partial charge in [-0.15, -0.1) is 0 Å². The summed E-state index contributed by atoms with van der Waals surface area (Å²) in [6, 6.07) is 6.16. The average Bonchev–Trinajstić information content (AvgIpc) is 2.82. The lowest BCUT2D eigenvalue weighted by Gasteiger charge is -2.37. The second-order valence-electron chi connectivity index (χ2n) is 5.48. The van der Waals surface area contributed by atoms with E-state index in [1.54, 1.807) is 0 Å². The molecule has 0 aliphatic carbocycles. The van der Waals surface area contributed by atoms with Crippen LogP contribution in [0.25, 0.3) is 0 Å². The molecule has 0 bridgehead atoms.